The van der Waals surface area contributed by atoms with Crippen molar-refractivity contribution in [3.05, 3.63) is 59.7 Å². The van der Waals surface area contributed by atoms with Crippen LogP contribution in [0.1, 0.15) is 34.6 Å². The number of nitrogens with zero attached hydrogens (tertiary/aromatic N) is 1. The second-order valence-electron chi connectivity index (χ2n) is 4.86. The molecule has 0 unspecified atom stereocenters. The van der Waals surface area contributed by atoms with Crippen molar-refractivity contribution in [3.8, 4) is 11.1 Å². The maximum atomic E-state index is 12.6. The van der Waals surface area contributed by atoms with Crippen LogP contribution in [0, 0.1) is 0 Å². The number of carboxylic acid groups (broad SMARTS) is 1. The van der Waals surface area contributed by atoms with E-state index in [1.54, 1.807) is 47.4 Å². The van der Waals surface area contributed by atoms with Gasteiger partial charge in [-0.15, -0.1) is 0 Å². The monoisotopic (exact) mass is 296 g/mol. The summed E-state index contributed by atoms with van der Waals surface area (Å²) in [7, 11) is 0. The van der Waals surface area contributed by atoms with Crippen LogP contribution in [-0.2, 0) is 0 Å². The van der Waals surface area contributed by atoms with E-state index in [1.807, 2.05) is 13.8 Å². The van der Waals surface area contributed by atoms with Crippen molar-refractivity contribution in [2.45, 2.75) is 13.8 Å². The summed E-state index contributed by atoms with van der Waals surface area (Å²) in [5.41, 5.74) is 1.69. The third-order valence-corrected chi connectivity index (χ3v) is 3.65. The molecule has 0 aliphatic heterocycles. The zero-order valence-corrected chi connectivity index (χ0v) is 12.7. The number of amides is 1. The van der Waals surface area contributed by atoms with Crippen LogP contribution >= 0.6 is 0 Å². The van der Waals surface area contributed by atoms with Crippen LogP contribution in [0.4, 0.5) is 0 Å². The highest BCUT2D eigenvalue weighted by molar-refractivity contribution is 6.04. The second-order valence-corrected chi connectivity index (χ2v) is 4.86. The number of hydrogen-bond donors (Lipinski definition) is 0. The van der Waals surface area contributed by atoms with Crippen LogP contribution in [0.25, 0.3) is 11.1 Å². The van der Waals surface area contributed by atoms with E-state index in [4.69, 9.17) is 0 Å². The molecule has 1 amide bonds. The van der Waals surface area contributed by atoms with E-state index in [1.165, 1.54) is 6.07 Å². The third-order valence-electron chi connectivity index (χ3n) is 3.65. The normalized spacial score (nSPS) is 10.3. The van der Waals surface area contributed by atoms with Crippen LogP contribution < -0.4 is 5.11 Å². The molecule has 0 bridgehead atoms. The van der Waals surface area contributed by atoms with Crippen LogP contribution in [-0.4, -0.2) is 29.9 Å². The van der Waals surface area contributed by atoms with Gasteiger partial charge in [0.15, 0.2) is 0 Å². The third kappa shape index (κ3) is 3.01. The molecule has 4 heteroatoms. The Morgan fingerprint density at radius 1 is 0.864 bits per heavy atom. The molecule has 2 aromatic rings. The number of benzene rings is 2. The average Bonchev–Trinajstić information content (AvgIpc) is 2.55. The molecule has 0 fully saturated rings. The molecule has 4 nitrogen and oxygen atoms in total. The molecule has 0 N–H and O–H groups in total. The molecular formula is C18H18NO3-. The zero-order valence-electron chi connectivity index (χ0n) is 12.7. The number of rotatable bonds is 5. The van der Waals surface area contributed by atoms with Gasteiger partial charge in [0, 0.05) is 24.2 Å². The topological polar surface area (TPSA) is 60.4 Å². The Morgan fingerprint density at radius 3 is 1.82 bits per heavy atom. The van der Waals surface area contributed by atoms with Gasteiger partial charge < -0.3 is 14.8 Å². The minimum Gasteiger partial charge on any atom is -0.545 e. The highest BCUT2D eigenvalue weighted by atomic mass is 16.4. The Kier molecular flexibility index (Phi) is 4.94. The summed E-state index contributed by atoms with van der Waals surface area (Å²) in [6.45, 7) is 5.04. The van der Waals surface area contributed by atoms with Gasteiger partial charge in [0.2, 0.25) is 0 Å². The van der Waals surface area contributed by atoms with Gasteiger partial charge in [0.25, 0.3) is 5.91 Å². The van der Waals surface area contributed by atoms with E-state index < -0.39 is 5.97 Å². The average molecular weight is 296 g/mol. The van der Waals surface area contributed by atoms with Gasteiger partial charge in [-0.05, 0) is 31.0 Å². The predicted octanol–water partition coefficient (Wildman–Crippen LogP) is 2.20. The molecule has 0 radical (unpaired) electrons. The van der Waals surface area contributed by atoms with Crippen LogP contribution in [0.5, 0.6) is 0 Å². The van der Waals surface area contributed by atoms with Crippen LogP contribution in [0.3, 0.4) is 0 Å². The minimum atomic E-state index is -1.25. The molecule has 2 rings (SSSR count). The summed E-state index contributed by atoms with van der Waals surface area (Å²) in [4.78, 5) is 25.7. The molecule has 22 heavy (non-hydrogen) atoms. The van der Waals surface area contributed by atoms with Gasteiger partial charge in [0.1, 0.15) is 0 Å². The van der Waals surface area contributed by atoms with E-state index in [2.05, 4.69) is 0 Å². The van der Waals surface area contributed by atoms with Crippen LogP contribution in [0.15, 0.2) is 48.5 Å². The van der Waals surface area contributed by atoms with Crippen molar-refractivity contribution < 1.29 is 14.7 Å². The highest BCUT2D eigenvalue weighted by Crippen LogP contribution is 2.27. The van der Waals surface area contributed by atoms with Crippen molar-refractivity contribution in [1.82, 2.24) is 4.90 Å². The minimum absolute atomic E-state index is 0.0855. The quantitative estimate of drug-likeness (QED) is 0.850. The molecule has 0 saturated heterocycles. The second kappa shape index (κ2) is 6.89. The number of carbonyl (C=O) groups is 2. The first kappa shape index (κ1) is 15.8. The van der Waals surface area contributed by atoms with Gasteiger partial charge in [-0.1, -0.05) is 42.5 Å². The summed E-state index contributed by atoms with van der Waals surface area (Å²) in [6.07, 6.45) is 0. The maximum Gasteiger partial charge on any atom is 0.254 e. The Bertz CT molecular complexity index is 690. The Labute approximate surface area is 130 Å². The van der Waals surface area contributed by atoms with Crippen molar-refractivity contribution in [1.29, 1.82) is 0 Å². The molecule has 2 aromatic carbocycles. The first-order chi connectivity index (χ1) is 10.6. The fraction of sp³-hybridized carbons (Fsp3) is 0.222. The molecule has 0 saturated carbocycles. The lowest BCUT2D eigenvalue weighted by atomic mass is 9.94. The number of carboxylic acids is 1. The summed E-state index contributed by atoms with van der Waals surface area (Å²) in [6, 6.07) is 13.6. The fourth-order valence-corrected chi connectivity index (χ4v) is 2.48. The molecule has 114 valence electrons. The number of carbonyl (C=O) groups excluding carboxylic acids is 2. The number of hydrogen-bond acceptors (Lipinski definition) is 3. The van der Waals surface area contributed by atoms with Gasteiger partial charge in [-0.2, -0.15) is 0 Å². The smallest absolute Gasteiger partial charge is 0.254 e. The standard InChI is InChI=1S/C18H19NO3/c1-3-19(4-2)17(20)15-11-7-5-9-13(15)14-10-6-8-12-16(14)18(21)22/h5-12H,3-4H2,1-2H3,(H,21,22)/p-1. The lowest BCUT2D eigenvalue weighted by Gasteiger charge is -2.21. The Hall–Kier alpha value is -2.62. The SMILES string of the molecule is CCN(CC)C(=O)c1ccccc1-c1ccccc1C(=O)[O-]. The highest BCUT2D eigenvalue weighted by Gasteiger charge is 2.18. The molecular weight excluding hydrogens is 278 g/mol. The molecule has 0 aromatic heterocycles. The van der Waals surface area contributed by atoms with Crippen LogP contribution in [0.2, 0.25) is 0 Å². The molecule has 0 heterocycles. The van der Waals surface area contributed by atoms with Crippen molar-refractivity contribution in [3.63, 3.8) is 0 Å². The van der Waals surface area contributed by atoms with E-state index in [-0.39, 0.29) is 11.5 Å². The summed E-state index contributed by atoms with van der Waals surface area (Å²) in [5.74, 6) is -1.35. The Morgan fingerprint density at radius 2 is 1.32 bits per heavy atom. The summed E-state index contributed by atoms with van der Waals surface area (Å²) in [5, 5.41) is 11.3. The van der Waals surface area contributed by atoms with Crippen molar-refractivity contribution in [2.75, 3.05) is 13.1 Å². The molecule has 0 atom stereocenters. The lowest BCUT2D eigenvalue weighted by molar-refractivity contribution is -0.254. The van der Waals surface area contributed by atoms with Gasteiger partial charge >= 0.3 is 0 Å². The van der Waals surface area contributed by atoms with Gasteiger partial charge in [-0.25, -0.2) is 0 Å². The summed E-state index contributed by atoms with van der Waals surface area (Å²) >= 11 is 0. The summed E-state index contributed by atoms with van der Waals surface area (Å²) < 4.78 is 0. The van der Waals surface area contributed by atoms with E-state index in [0.717, 1.165) is 0 Å². The first-order valence-electron chi connectivity index (χ1n) is 7.29. The fourth-order valence-electron chi connectivity index (χ4n) is 2.48. The van der Waals surface area contributed by atoms with Gasteiger partial charge in [0.05, 0.1) is 5.97 Å². The number of aromatic carboxylic acids is 1. The molecule has 0 spiro atoms. The van der Waals surface area contributed by atoms with Crippen molar-refractivity contribution >= 4 is 11.9 Å². The molecule has 0 aliphatic carbocycles. The van der Waals surface area contributed by atoms with E-state index >= 15 is 0 Å². The van der Waals surface area contributed by atoms with E-state index in [0.29, 0.717) is 29.8 Å². The first-order valence-corrected chi connectivity index (χ1v) is 7.29. The lowest BCUT2D eigenvalue weighted by Crippen LogP contribution is -2.31. The Balaban J connectivity index is 2.59. The van der Waals surface area contributed by atoms with Gasteiger partial charge in [-0.3, -0.25) is 4.79 Å². The maximum absolute atomic E-state index is 12.6. The predicted molar refractivity (Wildman–Crippen MR) is 83.5 cm³/mol. The largest absolute Gasteiger partial charge is 0.545 e. The zero-order chi connectivity index (χ0) is 16.1. The molecule has 0 aliphatic rings. The van der Waals surface area contributed by atoms with Crippen molar-refractivity contribution in [2.24, 2.45) is 0 Å². The van der Waals surface area contributed by atoms with E-state index in [9.17, 15) is 14.7 Å².